The van der Waals surface area contributed by atoms with Gasteiger partial charge in [-0.1, -0.05) is 23.2 Å². The van der Waals surface area contributed by atoms with E-state index in [2.05, 4.69) is 24.6 Å². The van der Waals surface area contributed by atoms with Gasteiger partial charge < -0.3 is 5.11 Å². The SMILES string of the molecule is O=C(O)c1c(I)ccc(Cl)c1Cl.[Li][CH2]CCC. The minimum absolute atomic E-state index is 0.0600. The van der Waals surface area contributed by atoms with Gasteiger partial charge in [0, 0.05) is 3.57 Å². The third-order valence-electron chi connectivity index (χ3n) is 1.96. The molecular weight excluding hydrogens is 369 g/mol. The molecule has 0 unspecified atom stereocenters. The number of benzene rings is 1. The molecule has 0 radical (unpaired) electrons. The normalized spacial score (nSPS) is 9.53. The minimum atomic E-state index is -1.06. The zero-order chi connectivity index (χ0) is 13.4. The van der Waals surface area contributed by atoms with Crippen molar-refractivity contribution in [1.29, 1.82) is 0 Å². The monoisotopic (exact) mass is 380 g/mol. The Morgan fingerprint density at radius 1 is 1.47 bits per heavy atom. The van der Waals surface area contributed by atoms with Crippen molar-refractivity contribution in [2.24, 2.45) is 0 Å². The summed E-state index contributed by atoms with van der Waals surface area (Å²) in [5.41, 5.74) is 0.0600. The summed E-state index contributed by atoms with van der Waals surface area (Å²) < 4.78 is 0.578. The number of carbonyl (C=O) groups is 1. The molecular formula is C11H12Cl2ILiO2. The van der Waals surface area contributed by atoms with Gasteiger partial charge in [-0.25, -0.2) is 4.79 Å². The van der Waals surface area contributed by atoms with Crippen LogP contribution in [0.1, 0.15) is 30.1 Å². The molecule has 1 aromatic rings. The van der Waals surface area contributed by atoms with Crippen LogP contribution in [0.25, 0.3) is 0 Å². The first-order valence-electron chi connectivity index (χ1n) is 5.32. The molecule has 0 aliphatic rings. The van der Waals surface area contributed by atoms with E-state index in [1.807, 2.05) is 22.6 Å². The summed E-state index contributed by atoms with van der Waals surface area (Å²) in [5.74, 6) is -1.06. The van der Waals surface area contributed by atoms with E-state index >= 15 is 0 Å². The molecule has 2 nitrogen and oxygen atoms in total. The van der Waals surface area contributed by atoms with Crippen LogP contribution in [0.15, 0.2) is 12.1 Å². The van der Waals surface area contributed by atoms with E-state index in [0.29, 0.717) is 3.57 Å². The molecule has 0 spiro atoms. The predicted molar refractivity (Wildman–Crippen MR) is 81.6 cm³/mol. The van der Waals surface area contributed by atoms with Crippen LogP contribution < -0.4 is 0 Å². The summed E-state index contributed by atoms with van der Waals surface area (Å²) in [4.78, 5) is 10.6. The van der Waals surface area contributed by atoms with Gasteiger partial charge in [0.25, 0.3) is 0 Å². The van der Waals surface area contributed by atoms with Crippen molar-refractivity contribution in [1.82, 2.24) is 0 Å². The standard InChI is InChI=1S/C7H3Cl2IO2.C4H9.Li/c8-3-1-2-4(10)5(6(3)9)7(11)12;1-3-4-2;/h1-2H,(H,11,12);1,3-4H2,2H3;. The average molecular weight is 381 g/mol. The van der Waals surface area contributed by atoms with Crippen molar-refractivity contribution >= 4 is 69.5 Å². The van der Waals surface area contributed by atoms with Crippen molar-refractivity contribution in [2.75, 3.05) is 0 Å². The van der Waals surface area contributed by atoms with Gasteiger partial charge in [-0.05, 0) is 34.7 Å². The second-order valence-corrected chi connectivity index (χ2v) is 5.32. The van der Waals surface area contributed by atoms with E-state index < -0.39 is 5.97 Å². The van der Waals surface area contributed by atoms with E-state index in [9.17, 15) is 4.79 Å². The number of hydrogen-bond donors (Lipinski definition) is 1. The van der Waals surface area contributed by atoms with Crippen LogP contribution in [0.4, 0.5) is 0 Å². The van der Waals surface area contributed by atoms with Crippen LogP contribution in [-0.4, -0.2) is 28.8 Å². The molecule has 0 saturated heterocycles. The predicted octanol–water partition coefficient (Wildman–Crippen LogP) is 4.67. The fourth-order valence-electron chi connectivity index (χ4n) is 1.08. The second kappa shape index (κ2) is 9.52. The maximum absolute atomic E-state index is 10.6. The van der Waals surface area contributed by atoms with Crippen molar-refractivity contribution in [3.8, 4) is 0 Å². The van der Waals surface area contributed by atoms with Crippen LogP contribution >= 0.6 is 45.8 Å². The number of halogens is 3. The molecule has 90 valence electrons. The molecule has 0 aliphatic heterocycles. The second-order valence-electron chi connectivity index (χ2n) is 3.38. The molecule has 0 fully saturated rings. The first-order valence-corrected chi connectivity index (χ1v) is 7.15. The van der Waals surface area contributed by atoms with E-state index in [1.54, 1.807) is 12.1 Å². The van der Waals surface area contributed by atoms with Crippen molar-refractivity contribution in [3.05, 3.63) is 31.3 Å². The number of aromatic carboxylic acids is 1. The topological polar surface area (TPSA) is 37.3 Å². The fraction of sp³-hybridized carbons (Fsp3) is 0.364. The number of hydrogen-bond acceptors (Lipinski definition) is 1. The summed E-state index contributed by atoms with van der Waals surface area (Å²) >= 11 is 15.4. The van der Waals surface area contributed by atoms with Gasteiger partial charge in [0.15, 0.2) is 0 Å². The first-order chi connectivity index (χ1) is 7.95. The third kappa shape index (κ3) is 6.35. The Labute approximate surface area is 134 Å². The Morgan fingerprint density at radius 2 is 2.06 bits per heavy atom. The van der Waals surface area contributed by atoms with Crippen LogP contribution in [0, 0.1) is 3.57 Å². The van der Waals surface area contributed by atoms with E-state index in [1.165, 1.54) is 17.9 Å². The molecule has 6 heteroatoms. The molecule has 17 heavy (non-hydrogen) atoms. The molecule has 0 aliphatic carbocycles. The van der Waals surface area contributed by atoms with Crippen LogP contribution in [0.5, 0.6) is 0 Å². The molecule has 1 rings (SSSR count). The molecule has 0 heterocycles. The summed E-state index contributed by atoms with van der Waals surface area (Å²) in [7, 11) is 0. The van der Waals surface area contributed by atoms with E-state index in [4.69, 9.17) is 28.3 Å². The van der Waals surface area contributed by atoms with Gasteiger partial charge in [0.1, 0.15) is 0 Å². The Kier molecular flexibility index (Phi) is 9.85. The molecule has 0 bridgehead atoms. The Bertz CT molecular complexity index is 384. The number of carboxylic acids is 1. The number of unbranched alkanes of at least 4 members (excludes halogenated alkanes) is 1. The molecule has 0 amide bonds. The zero-order valence-electron chi connectivity index (χ0n) is 9.77. The van der Waals surface area contributed by atoms with Gasteiger partial charge in [-0.2, -0.15) is 0 Å². The quantitative estimate of drug-likeness (QED) is 0.470. The van der Waals surface area contributed by atoms with Gasteiger partial charge in [0.2, 0.25) is 0 Å². The van der Waals surface area contributed by atoms with E-state index in [-0.39, 0.29) is 15.6 Å². The van der Waals surface area contributed by atoms with Gasteiger partial charge >= 0.3 is 48.5 Å². The Balaban J connectivity index is 0.000000437. The summed E-state index contributed by atoms with van der Waals surface area (Å²) in [5, 5.41) is 10.4. The van der Waals surface area contributed by atoms with Crippen molar-refractivity contribution < 1.29 is 9.90 Å². The summed E-state index contributed by atoms with van der Waals surface area (Å²) in [6, 6.07) is 3.18. The average Bonchev–Trinajstić information content (AvgIpc) is 2.26. The Hall–Kier alpha value is 0.597. The molecule has 0 saturated carbocycles. The summed E-state index contributed by atoms with van der Waals surface area (Å²) in [6.07, 6.45) is 2.73. The van der Waals surface area contributed by atoms with Crippen molar-refractivity contribution in [2.45, 2.75) is 24.9 Å². The fourth-order valence-corrected chi connectivity index (χ4v) is 2.32. The van der Waals surface area contributed by atoms with Crippen molar-refractivity contribution in [3.63, 3.8) is 0 Å². The van der Waals surface area contributed by atoms with Gasteiger partial charge in [0.05, 0.1) is 15.6 Å². The van der Waals surface area contributed by atoms with Crippen LogP contribution in [0.3, 0.4) is 0 Å². The molecule has 1 aromatic carbocycles. The molecule has 1 N–H and O–H groups in total. The van der Waals surface area contributed by atoms with Gasteiger partial charge in [-0.15, -0.1) is 0 Å². The zero-order valence-corrected chi connectivity index (χ0v) is 13.4. The summed E-state index contributed by atoms with van der Waals surface area (Å²) in [6.45, 7) is 2.21. The molecule has 0 atom stereocenters. The first kappa shape index (κ1) is 17.6. The third-order valence-corrected chi connectivity index (χ3v) is 3.67. The number of rotatable bonds is 3. The van der Waals surface area contributed by atoms with E-state index in [0.717, 1.165) is 0 Å². The van der Waals surface area contributed by atoms with Gasteiger partial charge in [-0.3, -0.25) is 0 Å². The van der Waals surface area contributed by atoms with Crippen LogP contribution in [0.2, 0.25) is 15.1 Å². The number of carboxylic acid groups (broad SMARTS) is 1. The maximum atomic E-state index is 10.6. The molecule has 0 aromatic heterocycles. The Morgan fingerprint density at radius 3 is 2.35 bits per heavy atom. The van der Waals surface area contributed by atoms with Crippen LogP contribution in [-0.2, 0) is 0 Å².